The van der Waals surface area contributed by atoms with Gasteiger partial charge in [0.1, 0.15) is 6.54 Å². The number of anilines is 1. The van der Waals surface area contributed by atoms with Gasteiger partial charge < -0.3 is 15.5 Å². The number of benzene rings is 2. The van der Waals surface area contributed by atoms with Gasteiger partial charge in [0, 0.05) is 12.0 Å². The SMILES string of the molecule is O=C(C[NH+]1CCc2ccccc2C1)NCC(=O)Nc1ccc(F)c(F)c1F. The maximum Gasteiger partial charge on any atom is 0.275 e. The molecule has 1 heterocycles. The molecule has 2 amide bonds. The van der Waals surface area contributed by atoms with E-state index in [1.807, 2.05) is 18.2 Å². The summed E-state index contributed by atoms with van der Waals surface area (Å²) in [5, 5.41) is 4.57. The quantitative estimate of drug-likeness (QED) is 0.674. The van der Waals surface area contributed by atoms with Crippen LogP contribution in [0.2, 0.25) is 0 Å². The molecule has 0 spiro atoms. The summed E-state index contributed by atoms with van der Waals surface area (Å²) in [6, 6.07) is 9.70. The topological polar surface area (TPSA) is 62.6 Å². The Hall–Kier alpha value is -2.87. The number of carbonyl (C=O) groups is 2. The number of halogens is 3. The van der Waals surface area contributed by atoms with Crippen molar-refractivity contribution in [2.24, 2.45) is 0 Å². The van der Waals surface area contributed by atoms with Crippen LogP contribution in [-0.2, 0) is 22.6 Å². The van der Waals surface area contributed by atoms with Crippen molar-refractivity contribution in [1.29, 1.82) is 0 Å². The minimum atomic E-state index is -1.66. The summed E-state index contributed by atoms with van der Waals surface area (Å²) in [6.45, 7) is 1.37. The number of hydrogen-bond donors (Lipinski definition) is 3. The Morgan fingerprint density at radius 3 is 2.48 bits per heavy atom. The Morgan fingerprint density at radius 1 is 0.963 bits per heavy atom. The standard InChI is InChI=1S/C19H18F3N3O2/c20-14-5-6-15(19(22)18(14)21)24-16(26)9-23-17(27)11-25-8-7-12-3-1-2-4-13(12)10-25/h1-6H,7-11H2,(H,23,27)(H,24,26)/p+1. The molecule has 1 unspecified atom stereocenters. The summed E-state index contributed by atoms with van der Waals surface area (Å²) < 4.78 is 39.6. The van der Waals surface area contributed by atoms with E-state index in [1.165, 1.54) is 11.1 Å². The zero-order valence-electron chi connectivity index (χ0n) is 14.5. The average molecular weight is 378 g/mol. The largest absolute Gasteiger partial charge is 0.342 e. The summed E-state index contributed by atoms with van der Waals surface area (Å²) in [5.74, 6) is -5.53. The number of carbonyl (C=O) groups excluding carboxylic acids is 2. The Morgan fingerprint density at radius 2 is 1.70 bits per heavy atom. The lowest BCUT2D eigenvalue weighted by molar-refractivity contribution is -0.908. The molecule has 0 saturated heterocycles. The van der Waals surface area contributed by atoms with E-state index in [1.54, 1.807) is 0 Å². The minimum Gasteiger partial charge on any atom is -0.342 e. The van der Waals surface area contributed by atoms with Gasteiger partial charge in [-0.3, -0.25) is 9.59 Å². The minimum absolute atomic E-state index is 0.209. The second-order valence-corrected chi connectivity index (χ2v) is 6.42. The third kappa shape index (κ3) is 4.65. The maximum atomic E-state index is 13.5. The van der Waals surface area contributed by atoms with E-state index >= 15 is 0 Å². The lowest BCUT2D eigenvalue weighted by Crippen LogP contribution is -3.12. The van der Waals surface area contributed by atoms with E-state index in [-0.39, 0.29) is 19.0 Å². The zero-order chi connectivity index (χ0) is 19.4. The average Bonchev–Trinajstić information content (AvgIpc) is 2.67. The molecule has 0 fully saturated rings. The molecule has 2 aromatic carbocycles. The van der Waals surface area contributed by atoms with Gasteiger partial charge in [-0.2, -0.15) is 0 Å². The highest BCUT2D eigenvalue weighted by molar-refractivity contribution is 5.94. The Kier molecular flexibility index (Phi) is 5.75. The molecule has 0 aliphatic carbocycles. The molecule has 3 N–H and O–H groups in total. The molecule has 5 nitrogen and oxygen atoms in total. The van der Waals surface area contributed by atoms with Gasteiger partial charge in [-0.1, -0.05) is 24.3 Å². The van der Waals surface area contributed by atoms with Gasteiger partial charge in [0.15, 0.2) is 24.0 Å². The smallest absolute Gasteiger partial charge is 0.275 e. The molecule has 2 aromatic rings. The molecule has 0 radical (unpaired) electrons. The third-order valence-electron chi connectivity index (χ3n) is 4.47. The molecule has 1 aliphatic heterocycles. The highest BCUT2D eigenvalue weighted by Crippen LogP contribution is 2.19. The first-order valence-corrected chi connectivity index (χ1v) is 8.54. The predicted molar refractivity (Wildman–Crippen MR) is 92.5 cm³/mol. The predicted octanol–water partition coefficient (Wildman–Crippen LogP) is 0.800. The number of hydrogen-bond acceptors (Lipinski definition) is 2. The van der Waals surface area contributed by atoms with Crippen molar-refractivity contribution in [2.45, 2.75) is 13.0 Å². The molecular weight excluding hydrogens is 359 g/mol. The van der Waals surface area contributed by atoms with Crippen molar-refractivity contribution < 1.29 is 27.7 Å². The van der Waals surface area contributed by atoms with Gasteiger partial charge in [0.2, 0.25) is 5.91 Å². The summed E-state index contributed by atoms with van der Waals surface area (Å²) >= 11 is 0. The molecule has 0 bridgehead atoms. The Bertz CT molecular complexity index is 873. The highest BCUT2D eigenvalue weighted by Gasteiger charge is 2.22. The highest BCUT2D eigenvalue weighted by atomic mass is 19.2. The van der Waals surface area contributed by atoms with E-state index < -0.39 is 29.0 Å². The molecule has 27 heavy (non-hydrogen) atoms. The van der Waals surface area contributed by atoms with Crippen LogP contribution in [0.4, 0.5) is 18.9 Å². The van der Waals surface area contributed by atoms with Crippen molar-refractivity contribution in [3.05, 3.63) is 65.0 Å². The number of fused-ring (bicyclic) bond motifs is 1. The van der Waals surface area contributed by atoms with Gasteiger partial charge in [-0.05, 0) is 17.7 Å². The van der Waals surface area contributed by atoms with Crippen LogP contribution in [-0.4, -0.2) is 31.4 Å². The van der Waals surface area contributed by atoms with Crippen molar-refractivity contribution >= 4 is 17.5 Å². The summed E-state index contributed by atoms with van der Waals surface area (Å²) in [6.07, 6.45) is 0.884. The van der Waals surface area contributed by atoms with Crippen molar-refractivity contribution in [1.82, 2.24) is 5.32 Å². The van der Waals surface area contributed by atoms with Crippen LogP contribution >= 0.6 is 0 Å². The monoisotopic (exact) mass is 378 g/mol. The summed E-state index contributed by atoms with van der Waals surface area (Å²) in [7, 11) is 0. The lowest BCUT2D eigenvalue weighted by Gasteiger charge is -2.25. The normalized spacial score (nSPS) is 15.7. The van der Waals surface area contributed by atoms with Crippen LogP contribution < -0.4 is 15.5 Å². The molecule has 1 atom stereocenters. The number of quaternary nitrogens is 1. The van der Waals surface area contributed by atoms with Crippen LogP contribution in [0.1, 0.15) is 11.1 Å². The van der Waals surface area contributed by atoms with Crippen molar-refractivity contribution in [3.8, 4) is 0 Å². The molecule has 3 rings (SSSR count). The van der Waals surface area contributed by atoms with E-state index in [9.17, 15) is 22.8 Å². The Balaban J connectivity index is 1.47. The van der Waals surface area contributed by atoms with Gasteiger partial charge in [-0.25, -0.2) is 13.2 Å². The van der Waals surface area contributed by atoms with E-state index in [2.05, 4.69) is 16.7 Å². The van der Waals surface area contributed by atoms with Gasteiger partial charge >= 0.3 is 0 Å². The van der Waals surface area contributed by atoms with Crippen LogP contribution in [0, 0.1) is 17.5 Å². The van der Waals surface area contributed by atoms with Gasteiger partial charge in [0.25, 0.3) is 5.91 Å². The fraction of sp³-hybridized carbons (Fsp3) is 0.263. The number of nitrogens with one attached hydrogen (secondary N) is 3. The molecule has 8 heteroatoms. The van der Waals surface area contributed by atoms with Crippen molar-refractivity contribution in [3.63, 3.8) is 0 Å². The molecule has 1 aliphatic rings. The van der Waals surface area contributed by atoms with Crippen LogP contribution in [0.15, 0.2) is 36.4 Å². The van der Waals surface area contributed by atoms with E-state index in [4.69, 9.17) is 0 Å². The Labute approximate surface area is 154 Å². The lowest BCUT2D eigenvalue weighted by atomic mass is 10.00. The number of amides is 2. The third-order valence-corrected chi connectivity index (χ3v) is 4.47. The van der Waals surface area contributed by atoms with Gasteiger partial charge in [-0.15, -0.1) is 0 Å². The van der Waals surface area contributed by atoms with Gasteiger partial charge in [0.05, 0.1) is 18.8 Å². The fourth-order valence-corrected chi connectivity index (χ4v) is 3.08. The second-order valence-electron chi connectivity index (χ2n) is 6.42. The zero-order valence-corrected chi connectivity index (χ0v) is 14.5. The first-order chi connectivity index (χ1) is 12.9. The first-order valence-electron chi connectivity index (χ1n) is 8.54. The van der Waals surface area contributed by atoms with Crippen LogP contribution in [0.5, 0.6) is 0 Å². The molecule has 142 valence electrons. The summed E-state index contributed by atoms with van der Waals surface area (Å²) in [4.78, 5) is 24.9. The maximum absolute atomic E-state index is 13.5. The van der Waals surface area contributed by atoms with E-state index in [0.29, 0.717) is 6.07 Å². The summed E-state index contributed by atoms with van der Waals surface area (Å²) in [5.41, 5.74) is 2.01. The molecule has 0 aromatic heterocycles. The number of rotatable bonds is 5. The first kappa shape index (κ1) is 18.9. The van der Waals surface area contributed by atoms with Crippen molar-refractivity contribution in [2.75, 3.05) is 25.0 Å². The van der Waals surface area contributed by atoms with E-state index in [0.717, 1.165) is 30.5 Å². The van der Waals surface area contributed by atoms with Crippen LogP contribution in [0.3, 0.4) is 0 Å². The van der Waals surface area contributed by atoms with Crippen LogP contribution in [0.25, 0.3) is 0 Å². The second kappa shape index (κ2) is 8.22. The fourth-order valence-electron chi connectivity index (χ4n) is 3.08. The molecule has 0 saturated carbocycles. The molecular formula is C19H19F3N3O2+.